The second-order valence-electron chi connectivity index (χ2n) is 5.05. The van der Waals surface area contributed by atoms with E-state index in [2.05, 4.69) is 16.2 Å². The Balaban J connectivity index is 1.69. The summed E-state index contributed by atoms with van der Waals surface area (Å²) in [6, 6.07) is 0.0864. The van der Waals surface area contributed by atoms with Crippen LogP contribution < -0.4 is 16.2 Å². The molecule has 0 bridgehead atoms. The van der Waals surface area contributed by atoms with Crippen LogP contribution in [-0.4, -0.2) is 17.9 Å². The van der Waals surface area contributed by atoms with Gasteiger partial charge in [-0.2, -0.15) is 0 Å². The van der Waals surface area contributed by atoms with E-state index in [1.807, 2.05) is 0 Å². The zero-order valence-electron chi connectivity index (χ0n) is 10.6. The van der Waals surface area contributed by atoms with E-state index in [0.29, 0.717) is 12.5 Å². The molecule has 5 nitrogen and oxygen atoms in total. The van der Waals surface area contributed by atoms with Gasteiger partial charge >= 0.3 is 6.03 Å². The first-order valence-corrected chi connectivity index (χ1v) is 6.80. The van der Waals surface area contributed by atoms with Gasteiger partial charge in [0.2, 0.25) is 0 Å². The van der Waals surface area contributed by atoms with Crippen molar-refractivity contribution < 1.29 is 9.59 Å². The minimum Gasteiger partial charge on any atom is -0.334 e. The maximum absolute atomic E-state index is 11.6. The Morgan fingerprint density at radius 3 is 2.61 bits per heavy atom. The number of hydrazine groups is 1. The minimum absolute atomic E-state index is 0.123. The monoisotopic (exact) mass is 251 g/mol. The number of hydrogen-bond donors (Lipinski definition) is 3. The van der Waals surface area contributed by atoms with Gasteiger partial charge in [0.1, 0.15) is 0 Å². The van der Waals surface area contributed by atoms with E-state index in [-0.39, 0.29) is 11.8 Å². The number of hydrogen-bond acceptors (Lipinski definition) is 3. The molecular formula is C13H21N3O2. The second-order valence-corrected chi connectivity index (χ2v) is 5.05. The van der Waals surface area contributed by atoms with Crippen LogP contribution in [0.15, 0.2) is 11.8 Å². The van der Waals surface area contributed by atoms with E-state index in [4.69, 9.17) is 0 Å². The van der Waals surface area contributed by atoms with Crippen molar-refractivity contribution in [2.24, 2.45) is 0 Å². The van der Waals surface area contributed by atoms with Gasteiger partial charge in [0.25, 0.3) is 0 Å². The summed E-state index contributed by atoms with van der Waals surface area (Å²) in [5.74, 6) is 0.123. The van der Waals surface area contributed by atoms with Gasteiger partial charge in [0, 0.05) is 24.2 Å². The molecule has 0 spiro atoms. The summed E-state index contributed by atoms with van der Waals surface area (Å²) in [6.07, 6.45) is 9.63. The van der Waals surface area contributed by atoms with Crippen molar-refractivity contribution in [2.75, 3.05) is 0 Å². The lowest BCUT2D eigenvalue weighted by molar-refractivity contribution is -0.115. The Morgan fingerprint density at radius 2 is 1.89 bits per heavy atom. The van der Waals surface area contributed by atoms with Crippen molar-refractivity contribution >= 4 is 11.8 Å². The first kappa shape index (κ1) is 12.9. The maximum Gasteiger partial charge on any atom is 0.333 e. The molecule has 5 heteroatoms. The van der Waals surface area contributed by atoms with E-state index in [1.54, 1.807) is 6.08 Å². The fraction of sp³-hybridized carbons (Fsp3) is 0.692. The van der Waals surface area contributed by atoms with Gasteiger partial charge in [0.15, 0.2) is 5.78 Å². The average Bonchev–Trinajstić information content (AvgIpc) is 2.38. The standard InChI is InChI=1S/C13H21N3O2/c17-12-8-4-7-11(9-12)15-16-13(18)14-10-5-2-1-3-6-10/h9-10,15H,1-8H2,(H2,14,16,18). The Bertz CT molecular complexity index is 346. The van der Waals surface area contributed by atoms with Crippen LogP contribution in [0.5, 0.6) is 0 Å². The van der Waals surface area contributed by atoms with E-state index >= 15 is 0 Å². The summed E-state index contributed by atoms with van der Waals surface area (Å²) in [5.41, 5.74) is 6.22. The number of nitrogens with one attached hydrogen (secondary N) is 3. The smallest absolute Gasteiger partial charge is 0.333 e. The Labute approximate surface area is 107 Å². The number of carbonyl (C=O) groups is 2. The van der Waals surface area contributed by atoms with Crippen LogP contribution in [0, 0.1) is 0 Å². The Hall–Kier alpha value is -1.52. The molecule has 2 rings (SSSR count). The Kier molecular flexibility index (Phi) is 4.61. The van der Waals surface area contributed by atoms with Crippen molar-refractivity contribution in [3.05, 3.63) is 11.8 Å². The fourth-order valence-corrected chi connectivity index (χ4v) is 2.50. The van der Waals surface area contributed by atoms with Crippen molar-refractivity contribution in [3.8, 4) is 0 Å². The highest BCUT2D eigenvalue weighted by atomic mass is 16.2. The van der Waals surface area contributed by atoms with E-state index in [9.17, 15) is 9.59 Å². The second kappa shape index (κ2) is 6.42. The van der Waals surface area contributed by atoms with E-state index in [1.165, 1.54) is 19.3 Å². The number of urea groups is 1. The van der Waals surface area contributed by atoms with Crippen LogP contribution in [0.2, 0.25) is 0 Å². The highest BCUT2D eigenvalue weighted by Gasteiger charge is 2.16. The third-order valence-electron chi connectivity index (χ3n) is 3.48. The molecule has 100 valence electrons. The summed E-state index contributed by atoms with van der Waals surface area (Å²) in [7, 11) is 0. The van der Waals surface area contributed by atoms with Crippen LogP contribution in [0.25, 0.3) is 0 Å². The zero-order valence-corrected chi connectivity index (χ0v) is 10.6. The lowest BCUT2D eigenvalue weighted by Gasteiger charge is -2.23. The molecule has 0 saturated heterocycles. The summed E-state index contributed by atoms with van der Waals surface area (Å²) in [4.78, 5) is 22.8. The molecule has 1 saturated carbocycles. The molecule has 18 heavy (non-hydrogen) atoms. The molecule has 0 unspecified atom stereocenters. The summed E-state index contributed by atoms with van der Waals surface area (Å²) in [6.45, 7) is 0. The number of carbonyl (C=O) groups excluding carboxylic acids is 2. The minimum atomic E-state index is -0.208. The van der Waals surface area contributed by atoms with Crippen LogP contribution in [0.4, 0.5) is 4.79 Å². The van der Waals surface area contributed by atoms with Gasteiger partial charge in [-0.25, -0.2) is 4.79 Å². The molecular weight excluding hydrogens is 230 g/mol. The van der Waals surface area contributed by atoms with Crippen molar-refractivity contribution in [1.82, 2.24) is 16.2 Å². The average molecular weight is 251 g/mol. The van der Waals surface area contributed by atoms with Crippen molar-refractivity contribution in [1.29, 1.82) is 0 Å². The number of amides is 2. The molecule has 0 heterocycles. The zero-order chi connectivity index (χ0) is 12.8. The highest BCUT2D eigenvalue weighted by molar-refractivity contribution is 5.91. The predicted molar refractivity (Wildman–Crippen MR) is 68.6 cm³/mol. The van der Waals surface area contributed by atoms with Crippen LogP contribution in [0.1, 0.15) is 51.4 Å². The molecule has 0 radical (unpaired) electrons. The van der Waals surface area contributed by atoms with E-state index < -0.39 is 0 Å². The van der Waals surface area contributed by atoms with E-state index in [0.717, 1.165) is 31.4 Å². The number of rotatable bonds is 3. The largest absolute Gasteiger partial charge is 0.334 e. The van der Waals surface area contributed by atoms with Gasteiger partial charge in [-0.15, -0.1) is 0 Å². The molecule has 0 aromatic carbocycles. The van der Waals surface area contributed by atoms with Crippen LogP contribution in [0.3, 0.4) is 0 Å². The van der Waals surface area contributed by atoms with Gasteiger partial charge in [-0.1, -0.05) is 19.3 Å². The lowest BCUT2D eigenvalue weighted by Crippen LogP contribution is -2.48. The molecule has 2 aliphatic carbocycles. The predicted octanol–water partition coefficient (Wildman–Crippen LogP) is 1.76. The van der Waals surface area contributed by atoms with Crippen molar-refractivity contribution in [2.45, 2.75) is 57.4 Å². The summed E-state index contributed by atoms with van der Waals surface area (Å²) >= 11 is 0. The molecule has 1 fully saturated rings. The normalized spacial score (nSPS) is 21.1. The number of ketones is 1. The molecule has 3 N–H and O–H groups in total. The topological polar surface area (TPSA) is 70.2 Å². The van der Waals surface area contributed by atoms with Crippen LogP contribution >= 0.6 is 0 Å². The maximum atomic E-state index is 11.6. The summed E-state index contributed by atoms with van der Waals surface area (Å²) < 4.78 is 0. The first-order chi connectivity index (χ1) is 8.74. The molecule has 0 atom stereocenters. The molecule has 0 aromatic rings. The quantitative estimate of drug-likeness (QED) is 0.669. The van der Waals surface area contributed by atoms with Gasteiger partial charge in [-0.3, -0.25) is 10.2 Å². The first-order valence-electron chi connectivity index (χ1n) is 6.80. The summed E-state index contributed by atoms with van der Waals surface area (Å²) in [5, 5.41) is 2.94. The molecule has 0 aliphatic heterocycles. The van der Waals surface area contributed by atoms with Crippen molar-refractivity contribution in [3.63, 3.8) is 0 Å². The fourth-order valence-electron chi connectivity index (χ4n) is 2.50. The van der Waals surface area contributed by atoms with Crippen LogP contribution in [-0.2, 0) is 4.79 Å². The van der Waals surface area contributed by atoms with Gasteiger partial charge in [0.05, 0.1) is 0 Å². The third-order valence-corrected chi connectivity index (χ3v) is 3.48. The highest BCUT2D eigenvalue weighted by Crippen LogP contribution is 2.17. The Morgan fingerprint density at radius 1 is 1.11 bits per heavy atom. The molecule has 0 aromatic heterocycles. The third kappa shape index (κ3) is 4.05. The SMILES string of the molecule is O=C1C=C(NNC(=O)NC2CCCCC2)CCC1. The van der Waals surface area contributed by atoms with Gasteiger partial charge < -0.3 is 10.7 Å². The van der Waals surface area contributed by atoms with Gasteiger partial charge in [-0.05, 0) is 25.7 Å². The lowest BCUT2D eigenvalue weighted by atomic mass is 9.96. The molecule has 2 aliphatic rings. The number of allylic oxidation sites excluding steroid dienone is 2. The molecule has 2 amide bonds.